The fourth-order valence-electron chi connectivity index (χ4n) is 4.02. The first kappa shape index (κ1) is 36.6. The Morgan fingerprint density at radius 3 is 1.82 bits per heavy atom. The summed E-state index contributed by atoms with van der Waals surface area (Å²) in [5.74, 6) is -1.84. The van der Waals surface area contributed by atoms with Gasteiger partial charge in [0.15, 0.2) is 12.6 Å². The van der Waals surface area contributed by atoms with Crippen molar-refractivity contribution in [1.29, 1.82) is 0 Å². The topological polar surface area (TPSA) is 180 Å². The van der Waals surface area contributed by atoms with Crippen LogP contribution in [0.1, 0.15) is 110 Å². The van der Waals surface area contributed by atoms with Gasteiger partial charge in [-0.3, -0.25) is 14.9 Å². The zero-order chi connectivity index (χ0) is 29.1. The summed E-state index contributed by atoms with van der Waals surface area (Å²) in [7, 11) is 0. The molecule has 0 spiro atoms. The molecule has 0 saturated heterocycles. The molecule has 226 valence electrons. The molecule has 0 heterocycles. The van der Waals surface area contributed by atoms with E-state index in [1.165, 1.54) is 37.4 Å². The molecule has 0 rings (SSSR count). The maximum absolute atomic E-state index is 12.2. The van der Waals surface area contributed by atoms with Crippen molar-refractivity contribution in [3.8, 4) is 0 Å². The van der Waals surface area contributed by atoms with E-state index in [1.54, 1.807) is 6.92 Å². The molecule has 0 radical (unpaired) electrons. The Labute approximate surface area is 232 Å². The minimum atomic E-state index is -1.10. The average molecular weight is 562 g/mol. The maximum Gasteiger partial charge on any atom is 0.515 e. The molecule has 0 unspecified atom stereocenters. The van der Waals surface area contributed by atoms with Crippen LogP contribution in [0.5, 0.6) is 0 Å². The molecule has 0 saturated carbocycles. The number of carbonyl (C=O) groups excluding carboxylic acids is 4. The van der Waals surface area contributed by atoms with Crippen molar-refractivity contribution in [2.75, 3.05) is 33.0 Å². The highest BCUT2D eigenvalue weighted by molar-refractivity contribution is 5.79. The quantitative estimate of drug-likeness (QED) is 0.0961. The number of nitrogens with two attached hydrogens (primary N) is 1. The van der Waals surface area contributed by atoms with Crippen LogP contribution in [0.2, 0.25) is 0 Å². The largest absolute Gasteiger partial charge is 0.565 e. The number of unbranched alkanes of at least 4 members (excludes halogenated alkanes) is 11. The van der Waals surface area contributed by atoms with Gasteiger partial charge in [0.1, 0.15) is 6.42 Å². The molecule has 0 aromatic rings. The number of carboxylic acid groups (broad SMARTS) is 1. The van der Waals surface area contributed by atoms with Gasteiger partial charge >= 0.3 is 23.6 Å². The van der Waals surface area contributed by atoms with Crippen molar-refractivity contribution >= 4 is 29.5 Å². The number of carbonyl (C=O) groups is 4. The third kappa shape index (κ3) is 27.0. The van der Waals surface area contributed by atoms with Crippen LogP contribution in [0.4, 0.5) is 0 Å². The summed E-state index contributed by atoms with van der Waals surface area (Å²) in [5, 5.41) is 20.2. The molecule has 7 N–H and O–H groups in total. The van der Waals surface area contributed by atoms with Crippen molar-refractivity contribution in [2.24, 2.45) is 0 Å². The molecule has 1 atom stereocenters. The monoisotopic (exact) mass is 561 g/mol. The van der Waals surface area contributed by atoms with Gasteiger partial charge < -0.3 is 25.0 Å². The molecule has 0 bridgehead atoms. The first-order valence-corrected chi connectivity index (χ1v) is 14.5. The zero-order valence-electron chi connectivity index (χ0n) is 23.8. The third-order valence-corrected chi connectivity index (χ3v) is 6.22. The Morgan fingerprint density at radius 2 is 1.31 bits per heavy atom. The fourth-order valence-corrected chi connectivity index (χ4v) is 4.02. The normalized spacial score (nSPS) is 11.7. The van der Waals surface area contributed by atoms with E-state index in [-0.39, 0.29) is 37.0 Å². The first-order chi connectivity index (χ1) is 18.7. The lowest BCUT2D eigenvalue weighted by Gasteiger charge is -2.10. The van der Waals surface area contributed by atoms with E-state index >= 15 is 0 Å². The van der Waals surface area contributed by atoms with Crippen molar-refractivity contribution < 1.29 is 49.0 Å². The van der Waals surface area contributed by atoms with E-state index in [2.05, 4.69) is 5.32 Å². The van der Waals surface area contributed by atoms with Crippen LogP contribution in [0.15, 0.2) is 0 Å². The maximum atomic E-state index is 12.2. The first-order valence-electron chi connectivity index (χ1n) is 14.5. The SMILES string of the molecule is CC(=[OH+])COCCOCCNC(=O)CC[C@H]([NH2+]C(=O)CCCCCCCCCCCCCCC(=O)[OH2+])C(=O)O. The van der Waals surface area contributed by atoms with E-state index < -0.39 is 18.0 Å². The van der Waals surface area contributed by atoms with Gasteiger partial charge in [0.25, 0.3) is 0 Å². The molecule has 0 aliphatic rings. The molecule has 0 aliphatic carbocycles. The summed E-state index contributed by atoms with van der Waals surface area (Å²) in [6.45, 7) is 2.96. The lowest BCUT2D eigenvalue weighted by molar-refractivity contribution is -0.595. The van der Waals surface area contributed by atoms with Gasteiger partial charge in [-0.05, 0) is 12.8 Å². The standard InChI is InChI=1S/C28H50N2O9/c1-23(31)22-39-21-20-38-19-18-29-25(32)17-16-24(28(36)37)30-26(33)14-12-10-8-6-4-2-3-5-7-9-11-13-15-27(34)35/h24H,2-22H2,1H3,(H,29,32)(H,30,33)(H,34,35)(H,36,37)/p+3/t24-/m0/s1. The molecule has 2 amide bonds. The molecule has 11 nitrogen and oxygen atoms in total. The zero-order valence-corrected chi connectivity index (χ0v) is 23.8. The van der Waals surface area contributed by atoms with Gasteiger partial charge in [0, 0.05) is 31.1 Å². The highest BCUT2D eigenvalue weighted by atomic mass is 16.5. The number of carboxylic acids is 1. The molecule has 0 aliphatic heterocycles. The number of ketones is 1. The number of hydrogen-bond acceptors (Lipinski definition) is 6. The summed E-state index contributed by atoms with van der Waals surface area (Å²) >= 11 is 0. The smallest absolute Gasteiger partial charge is 0.515 e. The predicted octanol–water partition coefficient (Wildman–Crippen LogP) is 1.74. The number of aliphatic carboxylic acids is 1. The van der Waals surface area contributed by atoms with Gasteiger partial charge in [0.2, 0.25) is 5.91 Å². The van der Waals surface area contributed by atoms with Crippen molar-refractivity contribution in [3.05, 3.63) is 0 Å². The van der Waals surface area contributed by atoms with Gasteiger partial charge in [-0.15, -0.1) is 0 Å². The number of nitrogens with one attached hydrogen (secondary N) is 1. The van der Waals surface area contributed by atoms with Crippen molar-refractivity contribution in [2.45, 2.75) is 116 Å². The van der Waals surface area contributed by atoms with Crippen LogP contribution in [-0.4, -0.2) is 83.6 Å². The number of hydrogen-bond donors (Lipinski definition) is 3. The molecule has 0 fully saturated rings. The molecular weight excluding hydrogens is 508 g/mol. The lowest BCUT2D eigenvalue weighted by Crippen LogP contribution is -2.95. The highest BCUT2D eigenvalue weighted by Crippen LogP contribution is 2.13. The van der Waals surface area contributed by atoms with Crippen LogP contribution < -0.4 is 10.6 Å². The van der Waals surface area contributed by atoms with Crippen LogP contribution in [0.25, 0.3) is 0 Å². The van der Waals surface area contributed by atoms with Crippen LogP contribution >= 0.6 is 0 Å². The number of primary amides is 1. The second kappa shape index (κ2) is 25.9. The van der Waals surface area contributed by atoms with Gasteiger partial charge in [-0.25, -0.2) is 9.59 Å². The summed E-state index contributed by atoms with van der Waals surface area (Å²) in [6, 6.07) is -0.969. The van der Waals surface area contributed by atoms with E-state index in [0.29, 0.717) is 39.2 Å². The number of amides is 2. The van der Waals surface area contributed by atoms with E-state index in [1.807, 2.05) is 0 Å². The van der Waals surface area contributed by atoms with E-state index in [9.17, 15) is 24.3 Å². The Morgan fingerprint density at radius 1 is 0.795 bits per heavy atom. The Hall–Kier alpha value is -2.37. The van der Waals surface area contributed by atoms with Gasteiger partial charge in [0.05, 0.1) is 26.2 Å². The van der Waals surface area contributed by atoms with Crippen molar-refractivity contribution in [3.63, 3.8) is 0 Å². The van der Waals surface area contributed by atoms with Crippen LogP contribution in [0, 0.1) is 0 Å². The highest BCUT2D eigenvalue weighted by Gasteiger charge is 2.25. The molecule has 11 heteroatoms. The Bertz CT molecular complexity index is 701. The Balaban J connectivity index is 3.70. The second-order valence-corrected chi connectivity index (χ2v) is 10.0. The lowest BCUT2D eigenvalue weighted by atomic mass is 10.0. The molecular formula is C28H53N2O9+3. The van der Waals surface area contributed by atoms with Crippen molar-refractivity contribution in [1.82, 2.24) is 5.32 Å². The number of quaternary nitrogens is 1. The predicted molar refractivity (Wildman–Crippen MR) is 148 cm³/mol. The summed E-state index contributed by atoms with van der Waals surface area (Å²) in [6.07, 6.45) is 13.7. The summed E-state index contributed by atoms with van der Waals surface area (Å²) in [4.78, 5) is 55.2. The summed E-state index contributed by atoms with van der Waals surface area (Å²) in [5.41, 5.74) is 0. The number of ether oxygens (including phenoxy) is 2. The molecule has 39 heavy (non-hydrogen) atoms. The van der Waals surface area contributed by atoms with Crippen LogP contribution in [-0.2, 0) is 28.7 Å². The van der Waals surface area contributed by atoms with E-state index in [0.717, 1.165) is 44.9 Å². The fraction of sp³-hybridized carbons (Fsp3) is 0.821. The van der Waals surface area contributed by atoms with Gasteiger partial charge in [-0.2, -0.15) is 0 Å². The molecule has 0 aromatic heterocycles. The minimum Gasteiger partial charge on any atom is -0.565 e. The second-order valence-electron chi connectivity index (χ2n) is 10.0. The summed E-state index contributed by atoms with van der Waals surface area (Å²) < 4.78 is 10.4. The average Bonchev–Trinajstić information content (AvgIpc) is 2.87. The van der Waals surface area contributed by atoms with E-state index in [4.69, 9.17) is 19.4 Å². The van der Waals surface area contributed by atoms with Crippen LogP contribution in [0.3, 0.4) is 0 Å². The Kier molecular flexibility index (Phi) is 24.3. The third-order valence-electron chi connectivity index (χ3n) is 6.22. The minimum absolute atomic E-state index is 0.0163. The number of rotatable bonds is 28. The van der Waals surface area contributed by atoms with Gasteiger partial charge in [-0.1, -0.05) is 64.2 Å². The molecule has 0 aromatic carbocycles.